The quantitative estimate of drug-likeness (QED) is 0.299. The Kier molecular flexibility index (Phi) is 3.67. The average molecular weight is 339 g/mol. The molecule has 23 heavy (non-hydrogen) atoms. The van der Waals surface area contributed by atoms with E-state index in [2.05, 4.69) is 17.1 Å². The fourth-order valence-corrected chi connectivity index (χ4v) is 4.50. The van der Waals surface area contributed by atoms with Crippen molar-refractivity contribution in [1.29, 1.82) is 0 Å². The molecule has 114 valence electrons. The number of aryl methyl sites for hydroxylation is 1. The fraction of sp³-hybridized carbons (Fsp3) is 0.111. The van der Waals surface area contributed by atoms with Crippen molar-refractivity contribution in [2.75, 3.05) is 0 Å². The van der Waals surface area contributed by atoms with Crippen molar-refractivity contribution >= 4 is 44.8 Å². The van der Waals surface area contributed by atoms with Crippen LogP contribution in [0.1, 0.15) is 11.3 Å². The first-order valence-electron chi connectivity index (χ1n) is 7.20. The van der Waals surface area contributed by atoms with Gasteiger partial charge in [-0.1, -0.05) is 42.1 Å². The molecule has 0 saturated carbocycles. The van der Waals surface area contributed by atoms with Gasteiger partial charge in [0.05, 0.1) is 0 Å². The Bertz CT molecular complexity index is 1070. The van der Waals surface area contributed by atoms with Gasteiger partial charge in [0.15, 0.2) is 0 Å². The zero-order valence-corrected chi connectivity index (χ0v) is 14.0. The summed E-state index contributed by atoms with van der Waals surface area (Å²) in [5.41, 5.74) is 2.35. The summed E-state index contributed by atoms with van der Waals surface area (Å²) in [6, 6.07) is 13.6. The molecule has 0 radical (unpaired) electrons. The number of hydrogen-bond donors (Lipinski definition) is 0. The number of rotatable bonds is 3. The SMILES string of the molecule is Cc1csc(SCc2cc(=O)oc3ccc4ccccc4c23)n1. The van der Waals surface area contributed by atoms with Gasteiger partial charge in [-0.25, -0.2) is 9.78 Å². The largest absolute Gasteiger partial charge is 0.423 e. The highest BCUT2D eigenvalue weighted by Gasteiger charge is 2.10. The molecule has 0 bridgehead atoms. The summed E-state index contributed by atoms with van der Waals surface area (Å²) in [6.07, 6.45) is 0. The van der Waals surface area contributed by atoms with Gasteiger partial charge >= 0.3 is 5.63 Å². The smallest absolute Gasteiger partial charge is 0.336 e. The summed E-state index contributed by atoms with van der Waals surface area (Å²) in [6.45, 7) is 1.99. The maximum Gasteiger partial charge on any atom is 0.336 e. The monoisotopic (exact) mass is 339 g/mol. The lowest BCUT2D eigenvalue weighted by Gasteiger charge is -2.07. The van der Waals surface area contributed by atoms with Crippen LogP contribution in [-0.4, -0.2) is 4.98 Å². The zero-order valence-electron chi connectivity index (χ0n) is 12.4. The highest BCUT2D eigenvalue weighted by Crippen LogP contribution is 2.32. The van der Waals surface area contributed by atoms with Crippen molar-refractivity contribution in [2.24, 2.45) is 0 Å². The number of aromatic nitrogens is 1. The van der Waals surface area contributed by atoms with E-state index in [1.165, 1.54) is 0 Å². The summed E-state index contributed by atoms with van der Waals surface area (Å²) in [5, 5.41) is 5.31. The molecule has 0 aliphatic carbocycles. The van der Waals surface area contributed by atoms with Crippen LogP contribution in [0.2, 0.25) is 0 Å². The lowest BCUT2D eigenvalue weighted by atomic mass is 10.0. The van der Waals surface area contributed by atoms with E-state index in [1.54, 1.807) is 29.2 Å². The minimum Gasteiger partial charge on any atom is -0.423 e. The van der Waals surface area contributed by atoms with E-state index < -0.39 is 0 Å². The van der Waals surface area contributed by atoms with Gasteiger partial charge in [-0.15, -0.1) is 11.3 Å². The molecule has 0 saturated heterocycles. The molecule has 2 aromatic carbocycles. The fourth-order valence-electron chi connectivity index (χ4n) is 2.67. The summed E-state index contributed by atoms with van der Waals surface area (Å²) in [7, 11) is 0. The number of benzene rings is 2. The summed E-state index contributed by atoms with van der Waals surface area (Å²) < 4.78 is 6.41. The molecule has 3 nitrogen and oxygen atoms in total. The van der Waals surface area contributed by atoms with Gasteiger partial charge in [0.2, 0.25) is 0 Å². The molecule has 4 rings (SSSR count). The first-order valence-corrected chi connectivity index (χ1v) is 9.07. The average Bonchev–Trinajstić information content (AvgIpc) is 2.97. The van der Waals surface area contributed by atoms with Gasteiger partial charge < -0.3 is 4.42 Å². The van der Waals surface area contributed by atoms with Crippen LogP contribution in [0.3, 0.4) is 0 Å². The Morgan fingerprint density at radius 3 is 2.91 bits per heavy atom. The number of hydrogen-bond acceptors (Lipinski definition) is 5. The maximum absolute atomic E-state index is 11.9. The minimum atomic E-state index is -0.307. The molecule has 0 fully saturated rings. The third-order valence-electron chi connectivity index (χ3n) is 3.66. The van der Waals surface area contributed by atoms with E-state index in [0.717, 1.165) is 31.8 Å². The molecular weight excluding hydrogens is 326 g/mol. The van der Waals surface area contributed by atoms with Crippen molar-refractivity contribution < 1.29 is 4.42 Å². The van der Waals surface area contributed by atoms with E-state index in [-0.39, 0.29) is 5.63 Å². The lowest BCUT2D eigenvalue weighted by molar-refractivity contribution is 0.560. The van der Waals surface area contributed by atoms with Crippen LogP contribution in [0, 0.1) is 6.92 Å². The molecule has 0 aliphatic heterocycles. The standard InChI is InChI=1S/C18H13NO2S2/c1-11-9-22-18(19-11)23-10-13-8-16(20)21-15-7-6-12-4-2-3-5-14(12)17(13)15/h2-9H,10H2,1H3. The molecule has 0 unspecified atom stereocenters. The minimum absolute atomic E-state index is 0.307. The van der Waals surface area contributed by atoms with E-state index >= 15 is 0 Å². The third kappa shape index (κ3) is 2.78. The summed E-state index contributed by atoms with van der Waals surface area (Å²) in [5.74, 6) is 0.697. The van der Waals surface area contributed by atoms with Gasteiger partial charge in [0, 0.05) is 28.3 Å². The normalized spacial score (nSPS) is 11.3. The Morgan fingerprint density at radius 1 is 1.22 bits per heavy atom. The van der Waals surface area contributed by atoms with Crippen molar-refractivity contribution in [1.82, 2.24) is 4.98 Å². The first kappa shape index (κ1) is 14.5. The molecule has 2 aromatic heterocycles. The molecule has 0 atom stereocenters. The predicted octanol–water partition coefficient (Wildman–Crippen LogP) is 5.00. The van der Waals surface area contributed by atoms with Crippen molar-refractivity contribution in [3.05, 3.63) is 69.5 Å². The molecule has 2 heterocycles. The highest BCUT2D eigenvalue weighted by atomic mass is 32.2. The number of thioether (sulfide) groups is 1. The zero-order chi connectivity index (χ0) is 15.8. The third-order valence-corrected chi connectivity index (χ3v) is 5.85. The Balaban J connectivity index is 1.86. The Labute approximate surface area is 141 Å². The van der Waals surface area contributed by atoms with E-state index in [0.29, 0.717) is 11.3 Å². The van der Waals surface area contributed by atoms with Crippen molar-refractivity contribution in [3.63, 3.8) is 0 Å². The van der Waals surface area contributed by atoms with Crippen LogP contribution in [0.25, 0.3) is 21.7 Å². The number of nitrogens with zero attached hydrogens (tertiary/aromatic N) is 1. The van der Waals surface area contributed by atoms with Gasteiger partial charge in [-0.05, 0) is 29.3 Å². The summed E-state index contributed by atoms with van der Waals surface area (Å²) in [4.78, 5) is 16.3. The summed E-state index contributed by atoms with van der Waals surface area (Å²) >= 11 is 3.29. The lowest BCUT2D eigenvalue weighted by Crippen LogP contribution is -2.00. The van der Waals surface area contributed by atoms with Gasteiger partial charge in [0.25, 0.3) is 0 Å². The van der Waals surface area contributed by atoms with Crippen LogP contribution in [-0.2, 0) is 5.75 Å². The molecule has 5 heteroatoms. The van der Waals surface area contributed by atoms with Crippen LogP contribution < -0.4 is 5.63 Å². The second kappa shape index (κ2) is 5.83. The topological polar surface area (TPSA) is 43.1 Å². The first-order chi connectivity index (χ1) is 11.2. The van der Waals surface area contributed by atoms with Crippen LogP contribution >= 0.6 is 23.1 Å². The van der Waals surface area contributed by atoms with E-state index in [1.807, 2.05) is 36.6 Å². The van der Waals surface area contributed by atoms with Crippen LogP contribution in [0.5, 0.6) is 0 Å². The Hall–Kier alpha value is -2.11. The van der Waals surface area contributed by atoms with Crippen molar-refractivity contribution in [2.45, 2.75) is 17.0 Å². The molecule has 0 aliphatic rings. The molecule has 4 aromatic rings. The molecule has 0 amide bonds. The second-order valence-corrected chi connectivity index (χ2v) is 7.37. The van der Waals surface area contributed by atoms with Crippen LogP contribution in [0.15, 0.2) is 61.4 Å². The van der Waals surface area contributed by atoms with E-state index in [9.17, 15) is 4.79 Å². The van der Waals surface area contributed by atoms with Gasteiger partial charge in [-0.2, -0.15) is 0 Å². The van der Waals surface area contributed by atoms with Crippen LogP contribution in [0.4, 0.5) is 0 Å². The second-order valence-electron chi connectivity index (χ2n) is 5.29. The van der Waals surface area contributed by atoms with Gasteiger partial charge in [-0.3, -0.25) is 0 Å². The van der Waals surface area contributed by atoms with Crippen molar-refractivity contribution in [3.8, 4) is 0 Å². The Morgan fingerprint density at radius 2 is 2.09 bits per heavy atom. The molecular formula is C18H13NO2S2. The molecule has 0 spiro atoms. The number of thiazole rings is 1. The predicted molar refractivity (Wildman–Crippen MR) is 96.4 cm³/mol. The maximum atomic E-state index is 11.9. The highest BCUT2D eigenvalue weighted by molar-refractivity contribution is 8.00. The number of fused-ring (bicyclic) bond motifs is 3. The molecule has 0 N–H and O–H groups in total. The van der Waals surface area contributed by atoms with E-state index in [4.69, 9.17) is 4.42 Å². The van der Waals surface area contributed by atoms with Gasteiger partial charge in [0.1, 0.15) is 9.92 Å².